The Kier molecular flexibility index (Phi) is 2.70. The number of rotatable bonds is 2. The van der Waals surface area contributed by atoms with E-state index in [1.165, 1.54) is 11.8 Å². The number of hydrogen-bond donors (Lipinski definition) is 1. The lowest BCUT2D eigenvalue weighted by molar-refractivity contribution is 0.140. The Morgan fingerprint density at radius 2 is 2.20 bits per heavy atom. The average molecular weight is 249 g/mol. The standard InChI is InChI=1S/C7H5F2N3OS2/c1-14-7-12-4-2(15-7)6(13)11-5(10-4)3(8)9/h3H,1H3,(H,10,11,13). The Bertz CT molecular complexity index is 551. The van der Waals surface area contributed by atoms with Gasteiger partial charge in [-0.1, -0.05) is 11.8 Å². The third kappa shape index (κ3) is 1.86. The minimum absolute atomic E-state index is 0.0865. The summed E-state index contributed by atoms with van der Waals surface area (Å²) in [6.45, 7) is 0. The number of aromatic amines is 1. The molecule has 0 saturated heterocycles. The van der Waals surface area contributed by atoms with Crippen LogP contribution < -0.4 is 5.56 Å². The van der Waals surface area contributed by atoms with Gasteiger partial charge in [0, 0.05) is 0 Å². The number of halogens is 2. The minimum Gasteiger partial charge on any atom is -0.304 e. The van der Waals surface area contributed by atoms with E-state index in [0.717, 1.165) is 11.3 Å². The molecule has 2 rings (SSSR count). The van der Waals surface area contributed by atoms with E-state index in [-0.39, 0.29) is 10.3 Å². The van der Waals surface area contributed by atoms with Crippen LogP contribution >= 0.6 is 23.1 Å². The van der Waals surface area contributed by atoms with Gasteiger partial charge in [0.1, 0.15) is 4.70 Å². The van der Waals surface area contributed by atoms with Crippen molar-refractivity contribution >= 4 is 33.4 Å². The van der Waals surface area contributed by atoms with E-state index in [4.69, 9.17) is 0 Å². The number of fused-ring (bicyclic) bond motifs is 1. The van der Waals surface area contributed by atoms with Crippen LogP contribution in [-0.4, -0.2) is 21.2 Å². The topological polar surface area (TPSA) is 58.6 Å². The molecule has 0 radical (unpaired) electrons. The van der Waals surface area contributed by atoms with Gasteiger partial charge in [-0.3, -0.25) is 4.79 Å². The number of alkyl halides is 2. The first-order valence-electron chi connectivity index (χ1n) is 3.84. The highest BCUT2D eigenvalue weighted by molar-refractivity contribution is 8.00. The molecular weight excluding hydrogens is 244 g/mol. The molecule has 0 aliphatic heterocycles. The molecule has 15 heavy (non-hydrogen) atoms. The molecule has 0 fully saturated rings. The maximum absolute atomic E-state index is 12.3. The van der Waals surface area contributed by atoms with Crippen LogP contribution in [0.1, 0.15) is 12.2 Å². The van der Waals surface area contributed by atoms with Crippen molar-refractivity contribution in [3.8, 4) is 0 Å². The van der Waals surface area contributed by atoms with Crippen molar-refractivity contribution in [2.45, 2.75) is 10.8 Å². The molecule has 0 bridgehead atoms. The van der Waals surface area contributed by atoms with Gasteiger partial charge in [0.05, 0.1) is 0 Å². The molecule has 8 heteroatoms. The molecule has 80 valence electrons. The van der Waals surface area contributed by atoms with E-state index in [2.05, 4.69) is 9.97 Å². The summed E-state index contributed by atoms with van der Waals surface area (Å²) in [4.78, 5) is 20.9. The lowest BCUT2D eigenvalue weighted by atomic mass is 10.5. The third-order valence-electron chi connectivity index (χ3n) is 1.65. The highest BCUT2D eigenvalue weighted by Crippen LogP contribution is 2.25. The van der Waals surface area contributed by atoms with E-state index < -0.39 is 17.8 Å². The van der Waals surface area contributed by atoms with Crippen molar-refractivity contribution < 1.29 is 8.78 Å². The van der Waals surface area contributed by atoms with Gasteiger partial charge >= 0.3 is 0 Å². The van der Waals surface area contributed by atoms with Crippen molar-refractivity contribution in [2.24, 2.45) is 0 Å². The van der Waals surface area contributed by atoms with Crippen LogP contribution in [0.3, 0.4) is 0 Å². The Labute approximate surface area is 90.8 Å². The second-order valence-corrected chi connectivity index (χ2v) is 4.64. The molecule has 0 aromatic carbocycles. The maximum atomic E-state index is 12.3. The number of thiazole rings is 1. The fourth-order valence-corrected chi connectivity index (χ4v) is 2.42. The average Bonchev–Trinajstić information content (AvgIpc) is 2.61. The van der Waals surface area contributed by atoms with Gasteiger partial charge < -0.3 is 4.98 Å². The highest BCUT2D eigenvalue weighted by Gasteiger charge is 2.15. The zero-order valence-electron chi connectivity index (χ0n) is 7.45. The number of aromatic nitrogens is 3. The van der Waals surface area contributed by atoms with Crippen LogP contribution in [0, 0.1) is 0 Å². The molecule has 0 spiro atoms. The monoisotopic (exact) mass is 249 g/mol. The molecule has 2 heterocycles. The highest BCUT2D eigenvalue weighted by atomic mass is 32.2. The smallest absolute Gasteiger partial charge is 0.295 e. The van der Waals surface area contributed by atoms with E-state index in [1.807, 2.05) is 4.98 Å². The summed E-state index contributed by atoms with van der Waals surface area (Å²) in [5.74, 6) is -0.634. The Morgan fingerprint density at radius 1 is 1.47 bits per heavy atom. The first-order valence-corrected chi connectivity index (χ1v) is 5.89. The van der Waals surface area contributed by atoms with Crippen LogP contribution in [0.4, 0.5) is 8.78 Å². The first kappa shape index (κ1) is 10.5. The summed E-state index contributed by atoms with van der Waals surface area (Å²) < 4.78 is 25.5. The number of thioether (sulfide) groups is 1. The van der Waals surface area contributed by atoms with Gasteiger partial charge in [-0.15, -0.1) is 11.3 Å². The SMILES string of the molecule is CSc1nc2nc(C(F)F)[nH]c(=O)c2s1. The van der Waals surface area contributed by atoms with Crippen LogP contribution in [0.2, 0.25) is 0 Å². The normalized spacial score (nSPS) is 11.5. The third-order valence-corrected chi connectivity index (χ3v) is 3.67. The molecule has 2 aromatic rings. The maximum Gasteiger partial charge on any atom is 0.295 e. The molecule has 2 aromatic heterocycles. The Morgan fingerprint density at radius 3 is 2.80 bits per heavy atom. The lowest BCUT2D eigenvalue weighted by Gasteiger charge is -1.96. The van der Waals surface area contributed by atoms with Crippen LogP contribution in [0.25, 0.3) is 10.3 Å². The predicted molar refractivity (Wildman–Crippen MR) is 54.8 cm³/mol. The fourth-order valence-electron chi connectivity index (χ4n) is 1.02. The largest absolute Gasteiger partial charge is 0.304 e. The number of H-pyrrole nitrogens is 1. The van der Waals surface area contributed by atoms with E-state index in [9.17, 15) is 13.6 Å². The molecule has 1 N–H and O–H groups in total. The first-order chi connectivity index (χ1) is 7.11. The lowest BCUT2D eigenvalue weighted by Crippen LogP contribution is -2.10. The molecule has 0 unspecified atom stereocenters. The van der Waals surface area contributed by atoms with Crippen LogP contribution in [-0.2, 0) is 0 Å². The number of nitrogens with one attached hydrogen (secondary N) is 1. The molecule has 0 aliphatic carbocycles. The number of nitrogens with zero attached hydrogens (tertiary/aromatic N) is 2. The van der Waals surface area contributed by atoms with E-state index >= 15 is 0 Å². The van der Waals surface area contributed by atoms with Crippen molar-refractivity contribution in [3.05, 3.63) is 16.2 Å². The predicted octanol–water partition coefficient (Wildman–Crippen LogP) is 2.04. The quantitative estimate of drug-likeness (QED) is 0.827. The van der Waals surface area contributed by atoms with Crippen LogP contribution in [0.15, 0.2) is 9.13 Å². The van der Waals surface area contributed by atoms with Gasteiger partial charge in [-0.25, -0.2) is 18.7 Å². The van der Waals surface area contributed by atoms with Gasteiger partial charge in [0.2, 0.25) is 0 Å². The Balaban J connectivity index is 2.70. The van der Waals surface area contributed by atoms with Crippen molar-refractivity contribution in [1.82, 2.24) is 15.0 Å². The fraction of sp³-hybridized carbons (Fsp3) is 0.286. The summed E-state index contributed by atoms with van der Waals surface area (Å²) in [5, 5.41) is 0. The van der Waals surface area contributed by atoms with E-state index in [0.29, 0.717) is 4.34 Å². The zero-order chi connectivity index (χ0) is 11.0. The molecule has 4 nitrogen and oxygen atoms in total. The minimum atomic E-state index is -2.79. The summed E-state index contributed by atoms with van der Waals surface area (Å²) in [6.07, 6.45) is -0.999. The van der Waals surface area contributed by atoms with Gasteiger partial charge in [0.25, 0.3) is 12.0 Å². The van der Waals surface area contributed by atoms with Gasteiger partial charge in [-0.2, -0.15) is 0 Å². The van der Waals surface area contributed by atoms with Crippen molar-refractivity contribution in [2.75, 3.05) is 6.26 Å². The zero-order valence-corrected chi connectivity index (χ0v) is 9.09. The second kappa shape index (κ2) is 3.86. The van der Waals surface area contributed by atoms with Crippen molar-refractivity contribution in [3.63, 3.8) is 0 Å². The molecule has 0 atom stereocenters. The molecule has 0 aliphatic rings. The van der Waals surface area contributed by atoms with Gasteiger partial charge in [-0.05, 0) is 6.26 Å². The second-order valence-electron chi connectivity index (χ2n) is 2.59. The Hall–Kier alpha value is -1.02. The van der Waals surface area contributed by atoms with Gasteiger partial charge in [0.15, 0.2) is 15.8 Å². The molecular formula is C7H5F2N3OS2. The number of hydrogen-bond acceptors (Lipinski definition) is 5. The molecule has 0 saturated carbocycles. The summed E-state index contributed by atoms with van der Waals surface area (Å²) in [6, 6.07) is 0. The summed E-state index contributed by atoms with van der Waals surface area (Å²) in [7, 11) is 0. The summed E-state index contributed by atoms with van der Waals surface area (Å²) in [5.41, 5.74) is -0.475. The summed E-state index contributed by atoms with van der Waals surface area (Å²) >= 11 is 2.49. The van der Waals surface area contributed by atoms with E-state index in [1.54, 1.807) is 6.26 Å². The molecule has 0 amide bonds. The van der Waals surface area contributed by atoms with Crippen molar-refractivity contribution in [1.29, 1.82) is 0 Å². The van der Waals surface area contributed by atoms with Crippen LogP contribution in [0.5, 0.6) is 0 Å².